The average molecular weight is 197 g/mol. The van der Waals surface area contributed by atoms with Crippen LogP contribution in [-0.4, -0.2) is 28.2 Å². The number of aliphatic imine (C=N–C) groups is 1. The molecule has 0 fully saturated rings. The summed E-state index contributed by atoms with van der Waals surface area (Å²) in [6.07, 6.45) is 3.45. The van der Waals surface area contributed by atoms with Crippen LogP contribution in [0.5, 0.6) is 0 Å². The molecule has 0 radical (unpaired) electrons. The Morgan fingerprint density at radius 3 is 3.31 bits per heavy atom. The third-order valence-electron chi connectivity index (χ3n) is 1.46. The number of rotatable bonds is 5. The van der Waals surface area contributed by atoms with Gasteiger partial charge in [0.15, 0.2) is 0 Å². The van der Waals surface area contributed by atoms with Crippen molar-refractivity contribution in [1.82, 2.24) is 9.78 Å². The largest absolute Gasteiger partial charge is 0.380 e. The van der Waals surface area contributed by atoms with Crippen molar-refractivity contribution in [3.63, 3.8) is 0 Å². The van der Waals surface area contributed by atoms with Crippen molar-refractivity contribution in [2.45, 2.75) is 13.5 Å². The molecule has 5 heteroatoms. The van der Waals surface area contributed by atoms with Crippen molar-refractivity contribution in [3.05, 3.63) is 12.4 Å². The molecular formula is C8H11N3OS. The van der Waals surface area contributed by atoms with E-state index in [1.165, 1.54) is 0 Å². The zero-order chi connectivity index (χ0) is 9.52. The first-order valence-electron chi connectivity index (χ1n) is 4.05. The lowest BCUT2D eigenvalue weighted by molar-refractivity contribution is 0.136. The Labute approximate surface area is 82.2 Å². The van der Waals surface area contributed by atoms with E-state index in [0.29, 0.717) is 6.61 Å². The summed E-state index contributed by atoms with van der Waals surface area (Å²) in [6, 6.07) is 0. The molecule has 1 aromatic heterocycles. The van der Waals surface area contributed by atoms with Crippen molar-refractivity contribution in [2.75, 3.05) is 13.2 Å². The molecule has 0 aliphatic heterocycles. The number of ether oxygens (including phenoxy) is 1. The van der Waals surface area contributed by atoms with Gasteiger partial charge in [0.2, 0.25) is 0 Å². The molecule has 0 saturated heterocycles. The summed E-state index contributed by atoms with van der Waals surface area (Å²) in [5.74, 6) is 0. The Bertz CT molecular complexity index is 304. The Kier molecular flexibility index (Phi) is 4.32. The molecule has 0 unspecified atom stereocenters. The molecule has 0 aromatic carbocycles. The van der Waals surface area contributed by atoms with E-state index < -0.39 is 0 Å². The maximum absolute atomic E-state index is 5.18. The minimum Gasteiger partial charge on any atom is -0.380 e. The second-order valence-corrected chi connectivity index (χ2v) is 2.54. The summed E-state index contributed by atoms with van der Waals surface area (Å²) in [7, 11) is 0. The van der Waals surface area contributed by atoms with Crippen molar-refractivity contribution in [2.24, 2.45) is 4.99 Å². The quantitative estimate of drug-likeness (QED) is 0.409. The molecule has 0 atom stereocenters. The third-order valence-corrected chi connectivity index (χ3v) is 1.55. The van der Waals surface area contributed by atoms with Crippen LogP contribution < -0.4 is 0 Å². The summed E-state index contributed by atoms with van der Waals surface area (Å²) in [6.45, 7) is 4.09. The summed E-state index contributed by atoms with van der Waals surface area (Å²) in [5, 5.41) is 6.35. The summed E-state index contributed by atoms with van der Waals surface area (Å²) >= 11 is 4.47. The Hall–Kier alpha value is -1.03. The van der Waals surface area contributed by atoms with Crippen LogP contribution in [-0.2, 0) is 11.3 Å². The lowest BCUT2D eigenvalue weighted by Crippen LogP contribution is -2.05. The van der Waals surface area contributed by atoms with E-state index >= 15 is 0 Å². The van der Waals surface area contributed by atoms with Gasteiger partial charge in [-0.2, -0.15) is 10.1 Å². The molecule has 0 spiro atoms. The van der Waals surface area contributed by atoms with Gasteiger partial charge in [-0.1, -0.05) is 0 Å². The first-order valence-corrected chi connectivity index (χ1v) is 4.45. The van der Waals surface area contributed by atoms with E-state index in [-0.39, 0.29) is 0 Å². The molecule has 70 valence electrons. The van der Waals surface area contributed by atoms with Crippen molar-refractivity contribution >= 4 is 23.1 Å². The van der Waals surface area contributed by atoms with E-state index in [1.54, 1.807) is 17.1 Å². The standard InChI is InChI=1S/C8H11N3OS/c1-2-12-4-3-11-6-8(5-10-11)9-7-13/h5-6H,2-4H2,1H3. The highest BCUT2D eigenvalue weighted by molar-refractivity contribution is 7.78. The van der Waals surface area contributed by atoms with Crippen LogP contribution in [0.3, 0.4) is 0 Å². The SMILES string of the molecule is CCOCCn1cc(N=C=S)cn1. The molecule has 0 amide bonds. The van der Waals surface area contributed by atoms with Gasteiger partial charge in [0.25, 0.3) is 0 Å². The molecule has 1 aromatic rings. The molecule has 0 aliphatic carbocycles. The molecule has 0 saturated carbocycles. The predicted molar refractivity (Wildman–Crippen MR) is 53.4 cm³/mol. The van der Waals surface area contributed by atoms with Gasteiger partial charge in [0.1, 0.15) is 5.69 Å². The lowest BCUT2D eigenvalue weighted by atomic mass is 10.6. The summed E-state index contributed by atoms with van der Waals surface area (Å²) in [5.41, 5.74) is 0.728. The maximum atomic E-state index is 5.18. The molecular weight excluding hydrogens is 186 g/mol. The van der Waals surface area contributed by atoms with E-state index in [1.807, 2.05) is 6.92 Å². The fraction of sp³-hybridized carbons (Fsp3) is 0.500. The highest BCUT2D eigenvalue weighted by atomic mass is 32.1. The van der Waals surface area contributed by atoms with E-state index in [9.17, 15) is 0 Å². The lowest BCUT2D eigenvalue weighted by Gasteiger charge is -1.99. The van der Waals surface area contributed by atoms with Crippen LogP contribution in [0.2, 0.25) is 0 Å². The number of hydrogen-bond acceptors (Lipinski definition) is 4. The van der Waals surface area contributed by atoms with Crippen molar-refractivity contribution < 1.29 is 4.74 Å². The van der Waals surface area contributed by atoms with Gasteiger partial charge in [0.05, 0.1) is 30.7 Å². The second-order valence-electron chi connectivity index (χ2n) is 2.36. The summed E-state index contributed by atoms with van der Waals surface area (Å²) in [4.78, 5) is 3.80. The number of isothiocyanates is 1. The van der Waals surface area contributed by atoms with Crippen molar-refractivity contribution in [1.29, 1.82) is 0 Å². The normalized spacial score (nSPS) is 9.62. The van der Waals surface area contributed by atoms with Crippen LogP contribution in [0.25, 0.3) is 0 Å². The highest BCUT2D eigenvalue weighted by Gasteiger charge is 1.95. The molecule has 0 bridgehead atoms. The van der Waals surface area contributed by atoms with Gasteiger partial charge < -0.3 is 4.74 Å². The average Bonchev–Trinajstić information content (AvgIpc) is 2.54. The molecule has 13 heavy (non-hydrogen) atoms. The molecule has 0 aliphatic rings. The van der Waals surface area contributed by atoms with Crippen LogP contribution in [0.4, 0.5) is 5.69 Å². The Morgan fingerprint density at radius 1 is 1.77 bits per heavy atom. The summed E-state index contributed by atoms with van der Waals surface area (Å²) < 4.78 is 6.94. The zero-order valence-corrected chi connectivity index (χ0v) is 8.25. The monoisotopic (exact) mass is 197 g/mol. The Balaban J connectivity index is 2.44. The molecule has 1 rings (SSSR count). The number of nitrogens with zero attached hydrogens (tertiary/aromatic N) is 3. The third kappa shape index (κ3) is 3.46. The predicted octanol–water partition coefficient (Wildman–Crippen LogP) is 1.65. The molecule has 0 N–H and O–H groups in total. The van der Waals surface area contributed by atoms with Gasteiger partial charge in [-0.05, 0) is 19.1 Å². The van der Waals surface area contributed by atoms with Crippen LogP contribution in [0.1, 0.15) is 6.92 Å². The van der Waals surface area contributed by atoms with Gasteiger partial charge in [-0.3, -0.25) is 4.68 Å². The van der Waals surface area contributed by atoms with Gasteiger partial charge in [-0.25, -0.2) is 0 Å². The zero-order valence-electron chi connectivity index (χ0n) is 7.43. The highest BCUT2D eigenvalue weighted by Crippen LogP contribution is 2.07. The van der Waals surface area contributed by atoms with E-state index in [2.05, 4.69) is 27.5 Å². The van der Waals surface area contributed by atoms with Gasteiger partial charge in [-0.15, -0.1) is 0 Å². The number of hydrogen-bond donors (Lipinski definition) is 0. The van der Waals surface area contributed by atoms with Gasteiger partial charge >= 0.3 is 0 Å². The topological polar surface area (TPSA) is 39.4 Å². The van der Waals surface area contributed by atoms with Crippen LogP contribution in [0.15, 0.2) is 17.4 Å². The molecule has 4 nitrogen and oxygen atoms in total. The number of aromatic nitrogens is 2. The smallest absolute Gasteiger partial charge is 0.112 e. The number of thiocarbonyl (C=S) groups is 1. The second kappa shape index (κ2) is 5.59. The molecule has 1 heterocycles. The van der Waals surface area contributed by atoms with Gasteiger partial charge in [0, 0.05) is 6.61 Å². The fourth-order valence-electron chi connectivity index (χ4n) is 0.888. The van der Waals surface area contributed by atoms with Crippen molar-refractivity contribution in [3.8, 4) is 0 Å². The minimum absolute atomic E-state index is 0.666. The fourth-order valence-corrected chi connectivity index (χ4v) is 0.993. The first kappa shape index (κ1) is 10.1. The first-order chi connectivity index (χ1) is 6.36. The maximum Gasteiger partial charge on any atom is 0.112 e. The van der Waals surface area contributed by atoms with Crippen LogP contribution >= 0.6 is 12.2 Å². The Morgan fingerprint density at radius 2 is 2.62 bits per heavy atom. The van der Waals surface area contributed by atoms with E-state index in [4.69, 9.17) is 4.74 Å². The van der Waals surface area contributed by atoms with Crippen LogP contribution in [0, 0.1) is 0 Å². The van der Waals surface area contributed by atoms with E-state index in [0.717, 1.165) is 18.8 Å². The minimum atomic E-state index is 0.666.